The highest BCUT2D eigenvalue weighted by molar-refractivity contribution is 6.71. The summed E-state index contributed by atoms with van der Waals surface area (Å²) in [5, 5.41) is 0. The molecule has 0 radical (unpaired) electrons. The van der Waals surface area contributed by atoms with Crippen molar-refractivity contribution >= 4 is 36.5 Å². The van der Waals surface area contributed by atoms with Gasteiger partial charge in [0.1, 0.15) is 17.1 Å². The summed E-state index contributed by atoms with van der Waals surface area (Å²) in [5.41, 5.74) is 1.75. The molecule has 0 aliphatic heterocycles. The Bertz CT molecular complexity index is 1020. The van der Waals surface area contributed by atoms with Gasteiger partial charge in [-0.05, 0) is 99.5 Å². The number of Topliss-reactive ketones (excluding diaryl/α,β-unsaturated/α-hetero) is 2. The minimum Gasteiger partial charge on any atom is -0.545 e. The number of hydrogen-bond donors (Lipinski definition) is 0. The van der Waals surface area contributed by atoms with Crippen LogP contribution in [0.2, 0.25) is 58.9 Å². The fraction of sp³-hybridized carbons (Fsp3) is 0.667. The molecular weight excluding hydrogens is 525 g/mol. The largest absolute Gasteiger partial charge is 0.545 e. The number of carbonyl (C=O) groups excluding carboxylic acids is 2. The molecule has 5 nitrogen and oxygen atoms in total. The zero-order valence-corrected chi connectivity index (χ0v) is 29.9. The van der Waals surface area contributed by atoms with E-state index in [1.807, 2.05) is 33.8 Å². The van der Waals surface area contributed by atoms with Crippen LogP contribution in [0.15, 0.2) is 46.0 Å². The SMILES string of the molecule is CCC(C)C(=O)C1=C(O[Si](C)(C)C)C(CC=C(C)C)=C(O[Si](C)(C)C)C(CC=C(C)C)(O[Si](C)(C)C)C1=O. The quantitative estimate of drug-likeness (QED) is 0.124. The van der Waals surface area contributed by atoms with Gasteiger partial charge < -0.3 is 13.3 Å². The van der Waals surface area contributed by atoms with Crippen LogP contribution in [0.1, 0.15) is 60.8 Å². The molecule has 38 heavy (non-hydrogen) atoms. The second-order valence-electron chi connectivity index (χ2n) is 14.0. The van der Waals surface area contributed by atoms with Crippen molar-refractivity contribution in [3.63, 3.8) is 0 Å². The summed E-state index contributed by atoms with van der Waals surface area (Å²) >= 11 is 0. The molecule has 0 fully saturated rings. The molecule has 0 amide bonds. The third-order valence-corrected chi connectivity index (χ3v) is 8.45. The van der Waals surface area contributed by atoms with Crippen molar-refractivity contribution in [2.75, 3.05) is 0 Å². The van der Waals surface area contributed by atoms with Crippen molar-refractivity contribution in [3.05, 3.63) is 46.0 Å². The second-order valence-corrected chi connectivity index (χ2v) is 27.2. The van der Waals surface area contributed by atoms with E-state index < -0.39 is 30.6 Å². The van der Waals surface area contributed by atoms with E-state index >= 15 is 0 Å². The van der Waals surface area contributed by atoms with Crippen molar-refractivity contribution in [2.24, 2.45) is 5.92 Å². The summed E-state index contributed by atoms with van der Waals surface area (Å²) in [7, 11) is -6.78. The maximum absolute atomic E-state index is 14.9. The van der Waals surface area contributed by atoms with E-state index in [-0.39, 0.29) is 23.1 Å². The van der Waals surface area contributed by atoms with Gasteiger partial charge in [-0.1, -0.05) is 37.1 Å². The summed E-state index contributed by atoms with van der Waals surface area (Å²) < 4.78 is 20.5. The molecule has 8 heteroatoms. The van der Waals surface area contributed by atoms with Gasteiger partial charge in [0.05, 0.1) is 0 Å². The number of rotatable bonds is 13. The molecule has 0 bridgehead atoms. The van der Waals surface area contributed by atoms with Crippen LogP contribution in [0, 0.1) is 5.92 Å². The van der Waals surface area contributed by atoms with Gasteiger partial charge in [-0.3, -0.25) is 9.59 Å². The molecule has 2 atom stereocenters. The Morgan fingerprint density at radius 3 is 1.74 bits per heavy atom. The van der Waals surface area contributed by atoms with Gasteiger partial charge >= 0.3 is 0 Å². The minimum absolute atomic E-state index is 0.155. The molecule has 0 heterocycles. The summed E-state index contributed by atoms with van der Waals surface area (Å²) in [6.07, 6.45) is 5.61. The molecule has 0 N–H and O–H groups in total. The lowest BCUT2D eigenvalue weighted by Gasteiger charge is -2.45. The molecule has 2 unspecified atom stereocenters. The van der Waals surface area contributed by atoms with Crippen LogP contribution in [0.25, 0.3) is 0 Å². The van der Waals surface area contributed by atoms with Crippen LogP contribution >= 0.6 is 0 Å². The Kier molecular flexibility index (Phi) is 11.6. The first-order valence-electron chi connectivity index (χ1n) is 14.0. The Balaban J connectivity index is 4.45. The first-order chi connectivity index (χ1) is 17.0. The molecule has 0 saturated heterocycles. The lowest BCUT2D eigenvalue weighted by Crippen LogP contribution is -2.56. The van der Waals surface area contributed by atoms with Crippen LogP contribution in [0.5, 0.6) is 0 Å². The summed E-state index contributed by atoms with van der Waals surface area (Å²) in [6.45, 7) is 30.8. The van der Waals surface area contributed by atoms with Crippen LogP contribution < -0.4 is 0 Å². The average molecular weight is 579 g/mol. The van der Waals surface area contributed by atoms with E-state index in [0.29, 0.717) is 30.8 Å². The topological polar surface area (TPSA) is 61.8 Å². The van der Waals surface area contributed by atoms with Gasteiger partial charge in [0.15, 0.2) is 19.7 Å². The third kappa shape index (κ3) is 9.61. The van der Waals surface area contributed by atoms with E-state index in [0.717, 1.165) is 16.7 Å². The van der Waals surface area contributed by atoms with Crippen LogP contribution in [0.4, 0.5) is 0 Å². The predicted octanol–water partition coefficient (Wildman–Crippen LogP) is 8.70. The molecule has 1 rings (SSSR count). The zero-order valence-electron chi connectivity index (χ0n) is 26.9. The van der Waals surface area contributed by atoms with Crippen LogP contribution in [0.3, 0.4) is 0 Å². The van der Waals surface area contributed by atoms with E-state index in [4.69, 9.17) is 13.3 Å². The van der Waals surface area contributed by atoms with E-state index in [2.05, 4.69) is 78.8 Å². The lowest BCUT2D eigenvalue weighted by molar-refractivity contribution is -0.134. The molecule has 1 aliphatic carbocycles. The van der Waals surface area contributed by atoms with Crippen molar-refractivity contribution in [1.29, 1.82) is 0 Å². The number of allylic oxidation sites excluding steroid dienone is 4. The molecule has 216 valence electrons. The highest BCUT2D eigenvalue weighted by Gasteiger charge is 2.56. The monoisotopic (exact) mass is 578 g/mol. The lowest BCUT2D eigenvalue weighted by atomic mass is 9.75. The summed E-state index contributed by atoms with van der Waals surface area (Å²) in [4.78, 5) is 28.9. The van der Waals surface area contributed by atoms with Crippen LogP contribution in [-0.4, -0.2) is 42.1 Å². The molecule has 0 saturated carbocycles. The van der Waals surface area contributed by atoms with Crippen molar-refractivity contribution in [1.82, 2.24) is 0 Å². The number of carbonyl (C=O) groups is 2. The summed E-state index contributed by atoms with van der Waals surface area (Å²) in [6, 6.07) is 0. The Morgan fingerprint density at radius 1 is 0.842 bits per heavy atom. The molecular formula is C30H54O5Si3. The van der Waals surface area contributed by atoms with E-state index in [1.54, 1.807) is 0 Å². The van der Waals surface area contributed by atoms with E-state index in [9.17, 15) is 9.59 Å². The van der Waals surface area contributed by atoms with Gasteiger partial charge in [0.25, 0.3) is 0 Å². The first kappa shape index (κ1) is 34.5. The van der Waals surface area contributed by atoms with E-state index in [1.165, 1.54) is 0 Å². The van der Waals surface area contributed by atoms with Crippen molar-refractivity contribution in [3.8, 4) is 0 Å². The standard InChI is InChI=1S/C30H54O5Si3/c1-16-23(6)26(31)25-27(33-36(7,8)9)24(18-17-21(2)3)29(34-37(10,11)12)30(28(25)32,20-19-22(4)5)35-38(13,14)15/h17,19,23H,16,18,20H2,1-15H3. The van der Waals surface area contributed by atoms with Crippen molar-refractivity contribution in [2.45, 2.75) is 125 Å². The maximum atomic E-state index is 14.9. The molecule has 0 spiro atoms. The number of ketones is 2. The average Bonchev–Trinajstić information content (AvgIpc) is 2.71. The van der Waals surface area contributed by atoms with Gasteiger partial charge in [-0.15, -0.1) is 0 Å². The Hall–Kier alpha value is -1.49. The van der Waals surface area contributed by atoms with Gasteiger partial charge in [0.2, 0.25) is 22.4 Å². The molecule has 0 aromatic carbocycles. The second kappa shape index (κ2) is 12.8. The van der Waals surface area contributed by atoms with Crippen molar-refractivity contribution < 1.29 is 22.9 Å². The molecule has 1 aliphatic rings. The molecule has 0 aromatic heterocycles. The van der Waals surface area contributed by atoms with Gasteiger partial charge in [-0.2, -0.15) is 0 Å². The van der Waals surface area contributed by atoms with Gasteiger partial charge in [-0.25, -0.2) is 0 Å². The minimum atomic E-state index is -2.32. The first-order valence-corrected chi connectivity index (χ1v) is 24.2. The highest BCUT2D eigenvalue weighted by atomic mass is 28.4. The fourth-order valence-electron chi connectivity index (χ4n) is 4.11. The Labute approximate surface area is 236 Å². The third-order valence-electron chi connectivity index (χ3n) is 5.85. The normalized spacial score (nSPS) is 19.8. The maximum Gasteiger partial charge on any atom is 0.242 e. The predicted molar refractivity (Wildman–Crippen MR) is 168 cm³/mol. The smallest absolute Gasteiger partial charge is 0.242 e. The zero-order chi connectivity index (χ0) is 29.9. The number of hydrogen-bond acceptors (Lipinski definition) is 5. The van der Waals surface area contributed by atoms with Gasteiger partial charge in [0, 0.05) is 17.9 Å². The fourth-order valence-corrected chi connectivity index (χ4v) is 7.16. The Morgan fingerprint density at radius 2 is 1.34 bits per heavy atom. The molecule has 0 aromatic rings. The highest BCUT2D eigenvalue weighted by Crippen LogP contribution is 2.46. The summed E-state index contributed by atoms with van der Waals surface area (Å²) in [5.74, 6) is 0.162. The van der Waals surface area contributed by atoms with Crippen LogP contribution in [-0.2, 0) is 22.9 Å².